The molecule has 1 fully saturated rings. The number of anilines is 1. The average Bonchev–Trinajstić information content (AvgIpc) is 2.45. The first-order chi connectivity index (χ1) is 10.6. The molecule has 3 rings (SSSR count). The largest absolute Gasteiger partial charge is 0.328 e. The van der Waals surface area contributed by atoms with Crippen molar-refractivity contribution < 1.29 is 9.18 Å². The third-order valence-electron chi connectivity index (χ3n) is 4.06. The maximum Gasteiger partial charge on any atom is 0.320 e. The van der Waals surface area contributed by atoms with Gasteiger partial charge in [0.15, 0.2) is 0 Å². The van der Waals surface area contributed by atoms with Crippen LogP contribution < -0.4 is 10.6 Å². The summed E-state index contributed by atoms with van der Waals surface area (Å²) in [6.07, 6.45) is 2.83. The molecule has 3 nitrogen and oxygen atoms in total. The van der Waals surface area contributed by atoms with Crippen LogP contribution in [0.2, 0.25) is 0 Å². The SMILES string of the molecule is O=C(Nc1ccccc1F)NC1(c2cccc(Br)c2)CCC1. The van der Waals surface area contributed by atoms with Crippen LogP contribution in [0.1, 0.15) is 24.8 Å². The van der Waals surface area contributed by atoms with E-state index in [1.807, 2.05) is 24.3 Å². The lowest BCUT2D eigenvalue weighted by molar-refractivity contribution is 0.185. The lowest BCUT2D eigenvalue weighted by atomic mass is 9.72. The first-order valence-electron chi connectivity index (χ1n) is 7.19. The number of benzene rings is 2. The van der Waals surface area contributed by atoms with Crippen LogP contribution in [0, 0.1) is 5.82 Å². The summed E-state index contributed by atoms with van der Waals surface area (Å²) in [5, 5.41) is 5.59. The van der Waals surface area contributed by atoms with Crippen LogP contribution in [0.25, 0.3) is 0 Å². The topological polar surface area (TPSA) is 41.1 Å². The van der Waals surface area contributed by atoms with Crippen LogP contribution in [-0.2, 0) is 5.54 Å². The molecule has 0 aliphatic heterocycles. The second-order valence-electron chi connectivity index (χ2n) is 5.50. The smallest absolute Gasteiger partial charge is 0.320 e. The molecule has 0 spiro atoms. The quantitative estimate of drug-likeness (QED) is 0.809. The molecule has 0 saturated heterocycles. The number of halogens is 2. The Morgan fingerprint density at radius 3 is 2.55 bits per heavy atom. The van der Waals surface area contributed by atoms with Gasteiger partial charge in [0.25, 0.3) is 0 Å². The highest BCUT2D eigenvalue weighted by Gasteiger charge is 2.40. The molecule has 114 valence electrons. The van der Waals surface area contributed by atoms with Crippen LogP contribution in [0.3, 0.4) is 0 Å². The van der Waals surface area contributed by atoms with Crippen molar-refractivity contribution in [2.24, 2.45) is 0 Å². The maximum absolute atomic E-state index is 13.6. The molecular weight excluding hydrogens is 347 g/mol. The Bertz CT molecular complexity index is 701. The van der Waals surface area contributed by atoms with Gasteiger partial charge in [-0.1, -0.05) is 40.2 Å². The van der Waals surface area contributed by atoms with Gasteiger partial charge in [-0.25, -0.2) is 9.18 Å². The van der Waals surface area contributed by atoms with Crippen molar-refractivity contribution in [1.29, 1.82) is 0 Å². The highest BCUT2D eigenvalue weighted by Crippen LogP contribution is 2.42. The number of amides is 2. The fraction of sp³-hybridized carbons (Fsp3) is 0.235. The Labute approximate surface area is 137 Å². The Balaban J connectivity index is 1.76. The maximum atomic E-state index is 13.6. The van der Waals surface area contributed by atoms with Gasteiger partial charge in [-0.2, -0.15) is 0 Å². The van der Waals surface area contributed by atoms with Gasteiger partial charge in [-0.15, -0.1) is 0 Å². The van der Waals surface area contributed by atoms with Crippen molar-refractivity contribution in [3.05, 3.63) is 64.4 Å². The normalized spacial score (nSPS) is 15.7. The Hall–Kier alpha value is -1.88. The molecule has 2 aromatic rings. The van der Waals surface area contributed by atoms with E-state index in [0.29, 0.717) is 0 Å². The molecular formula is C17H16BrFN2O. The molecule has 0 radical (unpaired) electrons. The minimum atomic E-state index is -0.442. The summed E-state index contributed by atoms with van der Waals surface area (Å²) in [4.78, 5) is 12.2. The zero-order valence-corrected chi connectivity index (χ0v) is 13.5. The molecule has 0 aromatic heterocycles. The summed E-state index contributed by atoms with van der Waals surface area (Å²) in [5.41, 5.74) is 0.889. The minimum absolute atomic E-state index is 0.184. The fourth-order valence-electron chi connectivity index (χ4n) is 2.74. The third-order valence-corrected chi connectivity index (χ3v) is 4.55. The number of carbonyl (C=O) groups excluding carboxylic acids is 1. The lowest BCUT2D eigenvalue weighted by Gasteiger charge is -2.43. The van der Waals surface area contributed by atoms with Gasteiger partial charge in [-0.05, 0) is 49.1 Å². The van der Waals surface area contributed by atoms with Gasteiger partial charge >= 0.3 is 6.03 Å². The first kappa shape index (κ1) is 15.0. The number of nitrogens with one attached hydrogen (secondary N) is 2. The molecule has 1 saturated carbocycles. The monoisotopic (exact) mass is 362 g/mol. The number of para-hydroxylation sites is 1. The molecule has 1 aliphatic carbocycles. The fourth-order valence-corrected chi connectivity index (χ4v) is 3.14. The lowest BCUT2D eigenvalue weighted by Crippen LogP contribution is -2.52. The van der Waals surface area contributed by atoms with Crippen LogP contribution in [0.5, 0.6) is 0 Å². The van der Waals surface area contributed by atoms with Crippen molar-refractivity contribution in [3.63, 3.8) is 0 Å². The number of hydrogen-bond acceptors (Lipinski definition) is 1. The number of hydrogen-bond donors (Lipinski definition) is 2. The van der Waals surface area contributed by atoms with E-state index in [2.05, 4.69) is 26.6 Å². The van der Waals surface area contributed by atoms with E-state index < -0.39 is 5.82 Å². The predicted molar refractivity (Wildman–Crippen MR) is 88.2 cm³/mol. The van der Waals surface area contributed by atoms with E-state index >= 15 is 0 Å². The van der Waals surface area contributed by atoms with Gasteiger partial charge in [0.1, 0.15) is 5.82 Å². The molecule has 0 heterocycles. The summed E-state index contributed by atoms with van der Waals surface area (Å²) >= 11 is 3.46. The molecule has 22 heavy (non-hydrogen) atoms. The van der Waals surface area contributed by atoms with Gasteiger partial charge in [0.05, 0.1) is 11.2 Å². The second-order valence-corrected chi connectivity index (χ2v) is 6.42. The van der Waals surface area contributed by atoms with Gasteiger partial charge in [0, 0.05) is 4.47 Å². The Morgan fingerprint density at radius 2 is 1.91 bits per heavy atom. The standard InChI is InChI=1S/C17H16BrFN2O/c18-13-6-3-5-12(11-13)17(9-4-10-17)21-16(22)20-15-8-2-1-7-14(15)19/h1-3,5-8,11H,4,9-10H2,(H2,20,21,22). The predicted octanol–water partition coefficient (Wildman–Crippen LogP) is 4.79. The first-order valence-corrected chi connectivity index (χ1v) is 7.98. The Morgan fingerprint density at radius 1 is 1.14 bits per heavy atom. The van der Waals surface area contributed by atoms with E-state index in [9.17, 15) is 9.18 Å². The van der Waals surface area contributed by atoms with E-state index in [1.165, 1.54) is 6.07 Å². The van der Waals surface area contributed by atoms with Gasteiger partial charge < -0.3 is 10.6 Å². The summed E-state index contributed by atoms with van der Waals surface area (Å²) < 4.78 is 14.6. The van der Waals surface area contributed by atoms with Crippen LogP contribution >= 0.6 is 15.9 Å². The minimum Gasteiger partial charge on any atom is -0.328 e. The molecule has 0 atom stereocenters. The van der Waals surface area contributed by atoms with E-state index in [4.69, 9.17) is 0 Å². The van der Waals surface area contributed by atoms with Crippen molar-refractivity contribution in [1.82, 2.24) is 5.32 Å². The molecule has 5 heteroatoms. The second kappa shape index (κ2) is 6.08. The Kier molecular flexibility index (Phi) is 4.16. The summed E-state index contributed by atoms with van der Waals surface area (Å²) in [6, 6.07) is 13.7. The highest BCUT2D eigenvalue weighted by atomic mass is 79.9. The summed E-state index contributed by atoms with van der Waals surface area (Å²) in [5.74, 6) is -0.442. The van der Waals surface area contributed by atoms with Crippen molar-refractivity contribution >= 4 is 27.6 Å². The molecule has 2 aromatic carbocycles. The van der Waals surface area contributed by atoms with Crippen LogP contribution in [0.4, 0.5) is 14.9 Å². The van der Waals surface area contributed by atoms with E-state index in [-0.39, 0.29) is 17.3 Å². The number of urea groups is 1. The van der Waals surface area contributed by atoms with Crippen molar-refractivity contribution in [2.75, 3.05) is 5.32 Å². The molecule has 1 aliphatic rings. The van der Waals surface area contributed by atoms with E-state index in [0.717, 1.165) is 29.3 Å². The number of carbonyl (C=O) groups is 1. The van der Waals surface area contributed by atoms with Crippen molar-refractivity contribution in [3.8, 4) is 0 Å². The molecule has 0 unspecified atom stereocenters. The van der Waals surface area contributed by atoms with Crippen LogP contribution in [0.15, 0.2) is 53.0 Å². The van der Waals surface area contributed by atoms with E-state index in [1.54, 1.807) is 18.2 Å². The average molecular weight is 363 g/mol. The molecule has 0 bridgehead atoms. The van der Waals surface area contributed by atoms with Gasteiger partial charge in [0.2, 0.25) is 0 Å². The molecule has 2 amide bonds. The summed E-state index contributed by atoms with van der Waals surface area (Å²) in [7, 11) is 0. The van der Waals surface area contributed by atoms with Gasteiger partial charge in [-0.3, -0.25) is 0 Å². The molecule has 2 N–H and O–H groups in total. The summed E-state index contributed by atoms with van der Waals surface area (Å²) in [6.45, 7) is 0. The highest BCUT2D eigenvalue weighted by molar-refractivity contribution is 9.10. The third kappa shape index (κ3) is 2.99. The zero-order chi connectivity index (χ0) is 15.6. The van der Waals surface area contributed by atoms with Crippen LogP contribution in [-0.4, -0.2) is 6.03 Å². The number of rotatable bonds is 3. The zero-order valence-electron chi connectivity index (χ0n) is 11.9. The van der Waals surface area contributed by atoms with Crippen molar-refractivity contribution in [2.45, 2.75) is 24.8 Å².